The molecule has 0 radical (unpaired) electrons. The highest BCUT2D eigenvalue weighted by Crippen LogP contribution is 2.32. The van der Waals surface area contributed by atoms with Crippen LogP contribution in [0.2, 0.25) is 0 Å². The molecule has 86 valence electrons. The summed E-state index contributed by atoms with van der Waals surface area (Å²) < 4.78 is 38.8. The zero-order chi connectivity index (χ0) is 11.6. The summed E-state index contributed by atoms with van der Waals surface area (Å²) in [5.74, 6) is 0. The SMILES string of the molecule is CNC(CC(F)(F)F)c1c(Br)cnn1C. The molecule has 1 rings (SSSR count). The maximum absolute atomic E-state index is 12.3. The normalized spacial score (nSPS) is 14.3. The average molecular weight is 286 g/mol. The molecule has 0 aromatic carbocycles. The largest absolute Gasteiger partial charge is 0.390 e. The Morgan fingerprint density at radius 1 is 1.60 bits per heavy atom. The second-order valence-electron chi connectivity index (χ2n) is 3.16. The van der Waals surface area contributed by atoms with Crippen molar-refractivity contribution in [2.24, 2.45) is 7.05 Å². The minimum atomic E-state index is -4.20. The third kappa shape index (κ3) is 3.20. The first-order chi connectivity index (χ1) is 6.85. The Morgan fingerprint density at radius 3 is 2.53 bits per heavy atom. The Bertz CT molecular complexity index is 315. The number of nitrogens with one attached hydrogen (secondary N) is 1. The summed E-state index contributed by atoms with van der Waals surface area (Å²) in [6, 6.07) is -0.785. The lowest BCUT2D eigenvalue weighted by Gasteiger charge is -2.18. The summed E-state index contributed by atoms with van der Waals surface area (Å²) in [4.78, 5) is 0. The maximum atomic E-state index is 12.3. The molecule has 0 saturated heterocycles. The van der Waals surface area contributed by atoms with Crippen molar-refractivity contribution in [3.05, 3.63) is 16.4 Å². The first-order valence-corrected chi connectivity index (χ1v) is 5.06. The monoisotopic (exact) mass is 285 g/mol. The number of nitrogens with zero attached hydrogens (tertiary/aromatic N) is 2. The van der Waals surface area contributed by atoms with Gasteiger partial charge in [0.25, 0.3) is 0 Å². The highest BCUT2D eigenvalue weighted by molar-refractivity contribution is 9.10. The van der Waals surface area contributed by atoms with E-state index in [4.69, 9.17) is 0 Å². The maximum Gasteiger partial charge on any atom is 0.390 e. The van der Waals surface area contributed by atoms with Crippen molar-refractivity contribution >= 4 is 15.9 Å². The van der Waals surface area contributed by atoms with E-state index in [9.17, 15) is 13.2 Å². The fourth-order valence-corrected chi connectivity index (χ4v) is 2.00. The molecule has 1 N–H and O–H groups in total. The van der Waals surface area contributed by atoms with Crippen LogP contribution >= 0.6 is 15.9 Å². The molecule has 7 heteroatoms. The van der Waals surface area contributed by atoms with Gasteiger partial charge in [-0.05, 0) is 23.0 Å². The first-order valence-electron chi connectivity index (χ1n) is 4.26. The highest BCUT2D eigenvalue weighted by Gasteiger charge is 2.33. The predicted octanol–water partition coefficient (Wildman–Crippen LogP) is 2.40. The van der Waals surface area contributed by atoms with Crippen LogP contribution in [-0.4, -0.2) is 23.0 Å². The lowest BCUT2D eigenvalue weighted by molar-refractivity contribution is -0.140. The molecule has 1 heterocycles. The van der Waals surface area contributed by atoms with E-state index < -0.39 is 18.6 Å². The van der Waals surface area contributed by atoms with E-state index in [0.717, 1.165) is 0 Å². The molecule has 0 aliphatic rings. The summed E-state index contributed by atoms with van der Waals surface area (Å²) in [5.41, 5.74) is 0.495. The molecule has 0 bridgehead atoms. The van der Waals surface area contributed by atoms with Crippen molar-refractivity contribution in [2.45, 2.75) is 18.6 Å². The molecule has 0 aliphatic heterocycles. The molecule has 1 aromatic heterocycles. The zero-order valence-electron chi connectivity index (χ0n) is 8.27. The van der Waals surface area contributed by atoms with E-state index >= 15 is 0 Å². The Kier molecular flexibility index (Phi) is 3.77. The second kappa shape index (κ2) is 4.52. The van der Waals surface area contributed by atoms with Gasteiger partial charge in [-0.25, -0.2) is 0 Å². The molecule has 1 aromatic rings. The fourth-order valence-electron chi connectivity index (χ4n) is 1.38. The van der Waals surface area contributed by atoms with Crippen molar-refractivity contribution in [3.63, 3.8) is 0 Å². The molecule has 1 atom stereocenters. The fraction of sp³-hybridized carbons (Fsp3) is 0.625. The smallest absolute Gasteiger partial charge is 0.311 e. The summed E-state index contributed by atoms with van der Waals surface area (Å²) in [6.45, 7) is 0. The summed E-state index contributed by atoms with van der Waals surface area (Å²) in [5, 5.41) is 6.51. The number of aromatic nitrogens is 2. The minimum absolute atomic E-state index is 0.495. The molecule has 0 aliphatic carbocycles. The lowest BCUT2D eigenvalue weighted by atomic mass is 10.1. The Morgan fingerprint density at radius 2 is 2.20 bits per heavy atom. The van der Waals surface area contributed by atoms with Gasteiger partial charge in [0.15, 0.2) is 0 Å². The van der Waals surface area contributed by atoms with Crippen LogP contribution < -0.4 is 5.32 Å². The van der Waals surface area contributed by atoms with Crippen LogP contribution in [0.4, 0.5) is 13.2 Å². The van der Waals surface area contributed by atoms with Crippen molar-refractivity contribution in [1.29, 1.82) is 0 Å². The van der Waals surface area contributed by atoms with Crippen molar-refractivity contribution in [2.75, 3.05) is 7.05 Å². The van der Waals surface area contributed by atoms with Crippen LogP contribution in [0.5, 0.6) is 0 Å². The second-order valence-corrected chi connectivity index (χ2v) is 4.02. The van der Waals surface area contributed by atoms with Crippen LogP contribution in [0.15, 0.2) is 10.7 Å². The van der Waals surface area contributed by atoms with Gasteiger partial charge in [0, 0.05) is 7.05 Å². The van der Waals surface area contributed by atoms with Crippen LogP contribution in [0, 0.1) is 0 Å². The van der Waals surface area contributed by atoms with Gasteiger partial charge in [-0.15, -0.1) is 0 Å². The van der Waals surface area contributed by atoms with Gasteiger partial charge in [0.2, 0.25) is 0 Å². The lowest BCUT2D eigenvalue weighted by Crippen LogP contribution is -2.25. The summed E-state index contributed by atoms with van der Waals surface area (Å²) >= 11 is 3.18. The van der Waals surface area contributed by atoms with E-state index in [1.165, 1.54) is 17.9 Å². The van der Waals surface area contributed by atoms with Gasteiger partial charge in [0.1, 0.15) is 0 Å². The van der Waals surface area contributed by atoms with Crippen molar-refractivity contribution < 1.29 is 13.2 Å². The Labute approximate surface area is 93.8 Å². The quantitative estimate of drug-likeness (QED) is 0.924. The predicted molar refractivity (Wildman–Crippen MR) is 53.4 cm³/mol. The van der Waals surface area contributed by atoms with Gasteiger partial charge in [-0.3, -0.25) is 4.68 Å². The van der Waals surface area contributed by atoms with E-state index in [1.54, 1.807) is 7.05 Å². The summed E-state index contributed by atoms with van der Waals surface area (Å²) in [6.07, 6.45) is -3.63. The van der Waals surface area contributed by atoms with Gasteiger partial charge in [-0.2, -0.15) is 18.3 Å². The zero-order valence-corrected chi connectivity index (χ0v) is 9.85. The average Bonchev–Trinajstić information content (AvgIpc) is 2.41. The molecule has 0 fully saturated rings. The van der Waals surface area contributed by atoms with Gasteiger partial charge in [0.05, 0.1) is 28.8 Å². The van der Waals surface area contributed by atoms with Gasteiger partial charge < -0.3 is 5.32 Å². The van der Waals surface area contributed by atoms with Crippen LogP contribution in [0.1, 0.15) is 18.2 Å². The standard InChI is InChI=1S/C8H11BrF3N3/c1-13-6(3-8(10,11)12)7-5(9)4-14-15(7)2/h4,6,13H,3H2,1-2H3. The third-order valence-electron chi connectivity index (χ3n) is 2.05. The van der Waals surface area contributed by atoms with Crippen molar-refractivity contribution in [1.82, 2.24) is 15.1 Å². The van der Waals surface area contributed by atoms with Crippen molar-refractivity contribution in [3.8, 4) is 0 Å². The minimum Gasteiger partial charge on any atom is -0.311 e. The van der Waals surface area contributed by atoms with E-state index in [1.807, 2.05) is 0 Å². The van der Waals surface area contributed by atoms with Crippen LogP contribution in [-0.2, 0) is 7.05 Å². The van der Waals surface area contributed by atoms with Gasteiger partial charge >= 0.3 is 6.18 Å². The molecular weight excluding hydrogens is 275 g/mol. The Balaban J connectivity index is 2.93. The molecule has 1 unspecified atom stereocenters. The van der Waals surface area contributed by atoms with Crippen LogP contribution in [0.3, 0.4) is 0 Å². The van der Waals surface area contributed by atoms with E-state index in [2.05, 4.69) is 26.3 Å². The molecular formula is C8H11BrF3N3. The highest BCUT2D eigenvalue weighted by atomic mass is 79.9. The molecule has 0 saturated carbocycles. The number of aryl methyl sites for hydroxylation is 1. The van der Waals surface area contributed by atoms with E-state index in [0.29, 0.717) is 10.2 Å². The van der Waals surface area contributed by atoms with Gasteiger partial charge in [-0.1, -0.05) is 0 Å². The number of halogens is 4. The topological polar surface area (TPSA) is 29.9 Å². The molecule has 3 nitrogen and oxygen atoms in total. The number of hydrogen-bond donors (Lipinski definition) is 1. The first kappa shape index (κ1) is 12.5. The number of rotatable bonds is 3. The number of hydrogen-bond acceptors (Lipinski definition) is 2. The van der Waals surface area contributed by atoms with E-state index in [-0.39, 0.29) is 0 Å². The molecule has 15 heavy (non-hydrogen) atoms. The summed E-state index contributed by atoms with van der Waals surface area (Å²) in [7, 11) is 3.11. The third-order valence-corrected chi connectivity index (χ3v) is 2.66. The number of alkyl halides is 3. The molecule has 0 spiro atoms. The van der Waals surface area contributed by atoms with Crippen LogP contribution in [0.25, 0.3) is 0 Å². The Hall–Kier alpha value is -0.560. The molecule has 0 amide bonds.